The number of methoxy groups -OCH3 is 3. The molecule has 0 aliphatic carbocycles. The zero-order valence-corrected chi connectivity index (χ0v) is 12.7. The maximum absolute atomic E-state index is 5.62. The second-order valence-corrected chi connectivity index (χ2v) is 4.91. The molecular formula is C15H25NO3. The molecule has 0 aliphatic heterocycles. The van der Waals surface area contributed by atoms with E-state index in [0.717, 1.165) is 23.6 Å². The average molecular weight is 267 g/mol. The van der Waals surface area contributed by atoms with Crippen molar-refractivity contribution in [3.63, 3.8) is 0 Å². The summed E-state index contributed by atoms with van der Waals surface area (Å²) < 4.78 is 16.4. The van der Waals surface area contributed by atoms with Crippen molar-refractivity contribution < 1.29 is 14.2 Å². The van der Waals surface area contributed by atoms with Gasteiger partial charge in [0, 0.05) is 12.7 Å². The molecule has 0 aromatic heterocycles. The molecule has 0 fully saturated rings. The van der Waals surface area contributed by atoms with Crippen LogP contribution in [0.2, 0.25) is 0 Å². The van der Waals surface area contributed by atoms with Gasteiger partial charge in [-0.05, 0) is 38.6 Å². The Morgan fingerprint density at radius 2 is 1.84 bits per heavy atom. The molecule has 0 spiro atoms. The summed E-state index contributed by atoms with van der Waals surface area (Å²) in [6.45, 7) is 7.03. The lowest BCUT2D eigenvalue weighted by atomic mass is 9.90. The fourth-order valence-electron chi connectivity index (χ4n) is 2.12. The van der Waals surface area contributed by atoms with Gasteiger partial charge in [-0.3, -0.25) is 0 Å². The SMILES string of the molecule is CCNC(c1cc(OC)ccc1OC)C(C)(C)OC. The molecule has 0 saturated heterocycles. The van der Waals surface area contributed by atoms with E-state index in [9.17, 15) is 0 Å². The van der Waals surface area contributed by atoms with E-state index in [4.69, 9.17) is 14.2 Å². The minimum Gasteiger partial charge on any atom is -0.497 e. The van der Waals surface area contributed by atoms with Crippen molar-refractivity contribution in [2.45, 2.75) is 32.4 Å². The maximum atomic E-state index is 5.62. The van der Waals surface area contributed by atoms with Crippen LogP contribution in [0.15, 0.2) is 18.2 Å². The molecule has 108 valence electrons. The Kier molecular flexibility index (Phi) is 5.63. The third kappa shape index (κ3) is 3.61. The highest BCUT2D eigenvalue weighted by atomic mass is 16.5. The largest absolute Gasteiger partial charge is 0.497 e. The zero-order chi connectivity index (χ0) is 14.5. The first-order chi connectivity index (χ1) is 9.00. The Bertz CT molecular complexity index is 404. The molecule has 1 atom stereocenters. The first-order valence-corrected chi connectivity index (χ1v) is 6.50. The second kappa shape index (κ2) is 6.78. The van der Waals surface area contributed by atoms with Gasteiger partial charge in [-0.25, -0.2) is 0 Å². The highest BCUT2D eigenvalue weighted by Gasteiger charge is 2.32. The van der Waals surface area contributed by atoms with Crippen molar-refractivity contribution in [3.05, 3.63) is 23.8 Å². The average Bonchev–Trinajstić information content (AvgIpc) is 2.43. The van der Waals surface area contributed by atoms with Gasteiger partial charge >= 0.3 is 0 Å². The highest BCUT2D eigenvalue weighted by Crippen LogP contribution is 2.36. The van der Waals surface area contributed by atoms with E-state index in [2.05, 4.69) is 26.1 Å². The first-order valence-electron chi connectivity index (χ1n) is 6.50. The van der Waals surface area contributed by atoms with Crippen molar-refractivity contribution in [1.29, 1.82) is 0 Å². The van der Waals surface area contributed by atoms with Crippen LogP contribution in [0.1, 0.15) is 32.4 Å². The van der Waals surface area contributed by atoms with E-state index in [1.165, 1.54) is 0 Å². The standard InChI is InChI=1S/C15H25NO3/c1-7-16-14(15(2,3)19-6)12-10-11(17-4)8-9-13(12)18-5/h8-10,14,16H,7H2,1-6H3. The Hall–Kier alpha value is -1.26. The summed E-state index contributed by atoms with van der Waals surface area (Å²) in [4.78, 5) is 0. The summed E-state index contributed by atoms with van der Waals surface area (Å²) >= 11 is 0. The Morgan fingerprint density at radius 3 is 2.32 bits per heavy atom. The lowest BCUT2D eigenvalue weighted by molar-refractivity contribution is -0.0113. The van der Waals surface area contributed by atoms with Gasteiger partial charge in [-0.2, -0.15) is 0 Å². The van der Waals surface area contributed by atoms with E-state index in [0.29, 0.717) is 0 Å². The van der Waals surface area contributed by atoms with E-state index < -0.39 is 0 Å². The van der Waals surface area contributed by atoms with E-state index in [-0.39, 0.29) is 11.6 Å². The topological polar surface area (TPSA) is 39.7 Å². The zero-order valence-electron chi connectivity index (χ0n) is 12.7. The van der Waals surface area contributed by atoms with Crippen LogP contribution >= 0.6 is 0 Å². The van der Waals surface area contributed by atoms with Gasteiger partial charge in [-0.1, -0.05) is 6.92 Å². The van der Waals surface area contributed by atoms with E-state index in [1.807, 2.05) is 18.2 Å². The van der Waals surface area contributed by atoms with Crippen LogP contribution < -0.4 is 14.8 Å². The summed E-state index contributed by atoms with van der Waals surface area (Å²) in [7, 11) is 5.06. The number of nitrogens with one attached hydrogen (secondary N) is 1. The Balaban J connectivity index is 3.27. The van der Waals surface area contributed by atoms with Crippen molar-refractivity contribution in [2.24, 2.45) is 0 Å². The van der Waals surface area contributed by atoms with Crippen LogP contribution in [0.5, 0.6) is 11.5 Å². The number of rotatable bonds is 7. The van der Waals surface area contributed by atoms with Crippen LogP contribution in [0.4, 0.5) is 0 Å². The lowest BCUT2D eigenvalue weighted by Crippen LogP contribution is -2.41. The van der Waals surface area contributed by atoms with Gasteiger partial charge < -0.3 is 19.5 Å². The molecule has 1 N–H and O–H groups in total. The minimum absolute atomic E-state index is 0.0209. The van der Waals surface area contributed by atoms with Crippen LogP contribution in [0.25, 0.3) is 0 Å². The van der Waals surface area contributed by atoms with Crippen molar-refractivity contribution in [1.82, 2.24) is 5.32 Å². The van der Waals surface area contributed by atoms with Gasteiger partial charge in [0.2, 0.25) is 0 Å². The summed E-state index contributed by atoms with van der Waals surface area (Å²) in [6.07, 6.45) is 0. The molecule has 0 aliphatic rings. The molecule has 4 heteroatoms. The fourth-order valence-corrected chi connectivity index (χ4v) is 2.12. The number of hydrogen-bond donors (Lipinski definition) is 1. The summed E-state index contributed by atoms with van der Waals surface area (Å²) in [5.41, 5.74) is 0.686. The molecule has 4 nitrogen and oxygen atoms in total. The van der Waals surface area contributed by atoms with E-state index >= 15 is 0 Å². The molecule has 19 heavy (non-hydrogen) atoms. The molecule has 0 bridgehead atoms. The second-order valence-electron chi connectivity index (χ2n) is 4.91. The molecule has 0 radical (unpaired) electrons. The Morgan fingerprint density at radius 1 is 1.16 bits per heavy atom. The van der Waals surface area contributed by atoms with Crippen LogP contribution in [-0.4, -0.2) is 33.5 Å². The molecule has 1 rings (SSSR count). The molecule has 0 heterocycles. The molecule has 1 aromatic carbocycles. The highest BCUT2D eigenvalue weighted by molar-refractivity contribution is 5.43. The maximum Gasteiger partial charge on any atom is 0.124 e. The van der Waals surface area contributed by atoms with E-state index in [1.54, 1.807) is 21.3 Å². The van der Waals surface area contributed by atoms with Gasteiger partial charge in [-0.15, -0.1) is 0 Å². The van der Waals surface area contributed by atoms with Crippen LogP contribution in [0.3, 0.4) is 0 Å². The smallest absolute Gasteiger partial charge is 0.124 e. The predicted octanol–water partition coefficient (Wildman–Crippen LogP) is 2.78. The number of ether oxygens (including phenoxy) is 3. The molecular weight excluding hydrogens is 242 g/mol. The molecule has 1 aromatic rings. The molecule has 0 amide bonds. The number of benzene rings is 1. The van der Waals surface area contributed by atoms with Gasteiger partial charge in [0.1, 0.15) is 11.5 Å². The molecule has 1 unspecified atom stereocenters. The monoisotopic (exact) mass is 267 g/mol. The van der Waals surface area contributed by atoms with Gasteiger partial charge in [0.05, 0.1) is 25.9 Å². The summed E-state index contributed by atoms with van der Waals surface area (Å²) in [5, 5.41) is 3.46. The van der Waals surface area contributed by atoms with Crippen LogP contribution in [0, 0.1) is 0 Å². The number of hydrogen-bond acceptors (Lipinski definition) is 4. The quantitative estimate of drug-likeness (QED) is 0.824. The van der Waals surface area contributed by atoms with Crippen molar-refractivity contribution in [3.8, 4) is 11.5 Å². The predicted molar refractivity (Wildman–Crippen MR) is 77.1 cm³/mol. The normalized spacial score (nSPS) is 13.2. The van der Waals surface area contributed by atoms with Gasteiger partial charge in [0.25, 0.3) is 0 Å². The van der Waals surface area contributed by atoms with Crippen molar-refractivity contribution >= 4 is 0 Å². The third-order valence-corrected chi connectivity index (χ3v) is 3.38. The van der Waals surface area contributed by atoms with Gasteiger partial charge in [0.15, 0.2) is 0 Å². The lowest BCUT2D eigenvalue weighted by Gasteiger charge is -2.35. The summed E-state index contributed by atoms with van der Waals surface area (Å²) in [5.74, 6) is 1.64. The third-order valence-electron chi connectivity index (χ3n) is 3.38. The Labute approximate surface area is 116 Å². The van der Waals surface area contributed by atoms with Crippen molar-refractivity contribution in [2.75, 3.05) is 27.9 Å². The number of likely N-dealkylation sites (N-methyl/N-ethyl adjacent to an activating group) is 1. The first kappa shape index (κ1) is 15.8. The van der Waals surface area contributed by atoms with Crippen LogP contribution in [-0.2, 0) is 4.74 Å². The fraction of sp³-hybridized carbons (Fsp3) is 0.600. The summed E-state index contributed by atoms with van der Waals surface area (Å²) in [6, 6.07) is 5.83. The molecule has 0 saturated carbocycles. The minimum atomic E-state index is -0.352.